The Bertz CT molecular complexity index is 495. The van der Waals surface area contributed by atoms with Gasteiger partial charge < -0.3 is 11.1 Å². The zero-order valence-corrected chi connectivity index (χ0v) is 13.2. The summed E-state index contributed by atoms with van der Waals surface area (Å²) in [4.78, 5) is 12.0. The van der Waals surface area contributed by atoms with Crippen molar-refractivity contribution in [3.63, 3.8) is 0 Å². The van der Waals surface area contributed by atoms with E-state index in [1.54, 1.807) is 0 Å². The summed E-state index contributed by atoms with van der Waals surface area (Å²) in [5.74, 6) is 0.0492. The Balaban J connectivity index is 2.34. The average molecular weight is 329 g/mol. The number of rotatable bonds is 6. The molecule has 1 atom stereocenters. The minimum Gasteiger partial charge on any atom is -0.368 e. The van der Waals surface area contributed by atoms with Crippen LogP contribution in [0.15, 0.2) is 4.47 Å². The van der Waals surface area contributed by atoms with E-state index in [1.165, 1.54) is 0 Å². The number of carbonyl (C=O) groups is 1. The number of primary amides is 1. The van der Waals surface area contributed by atoms with Crippen LogP contribution < -0.4 is 11.1 Å². The zero-order chi connectivity index (χ0) is 14.2. The third-order valence-corrected chi connectivity index (χ3v) is 5.05. The Morgan fingerprint density at radius 1 is 1.58 bits per heavy atom. The summed E-state index contributed by atoms with van der Waals surface area (Å²) in [6.45, 7) is 7.16. The van der Waals surface area contributed by atoms with E-state index in [-0.39, 0.29) is 5.91 Å². The van der Waals surface area contributed by atoms with Crippen molar-refractivity contribution in [1.29, 1.82) is 0 Å². The molecule has 19 heavy (non-hydrogen) atoms. The minimum atomic E-state index is -0.669. The molecule has 0 saturated heterocycles. The fraction of sp³-hybridized carbons (Fsp3) is 0.692. The van der Waals surface area contributed by atoms with Gasteiger partial charge in [0.2, 0.25) is 5.91 Å². The van der Waals surface area contributed by atoms with Gasteiger partial charge >= 0.3 is 0 Å². The third kappa shape index (κ3) is 2.56. The Morgan fingerprint density at radius 3 is 2.58 bits per heavy atom. The van der Waals surface area contributed by atoms with Gasteiger partial charge in [0.1, 0.15) is 5.54 Å². The molecule has 106 valence electrons. The Morgan fingerprint density at radius 2 is 2.21 bits per heavy atom. The van der Waals surface area contributed by atoms with Crippen LogP contribution in [0.4, 0.5) is 0 Å². The molecule has 0 aliphatic heterocycles. The number of nitrogens with two attached hydrogens (primary N) is 1. The monoisotopic (exact) mass is 328 g/mol. The lowest BCUT2D eigenvalue weighted by Gasteiger charge is -2.32. The Kier molecular flexibility index (Phi) is 4.01. The van der Waals surface area contributed by atoms with Crippen LogP contribution in [-0.4, -0.2) is 27.8 Å². The van der Waals surface area contributed by atoms with E-state index in [0.717, 1.165) is 35.2 Å². The quantitative estimate of drug-likeness (QED) is 0.831. The SMILES string of the molecule is CCNC(Cn1nc(C)c(Br)c1C)(C(N)=O)C1CC1. The molecule has 0 aromatic carbocycles. The first-order valence-corrected chi connectivity index (χ1v) is 7.46. The van der Waals surface area contributed by atoms with Gasteiger partial charge in [-0.15, -0.1) is 0 Å². The van der Waals surface area contributed by atoms with Crippen molar-refractivity contribution in [3.05, 3.63) is 15.9 Å². The van der Waals surface area contributed by atoms with Crippen LogP contribution >= 0.6 is 15.9 Å². The molecule has 1 aromatic rings. The van der Waals surface area contributed by atoms with Crippen LogP contribution in [-0.2, 0) is 11.3 Å². The summed E-state index contributed by atoms with van der Waals surface area (Å²) in [6, 6.07) is 0. The molecule has 1 amide bonds. The van der Waals surface area contributed by atoms with Crippen LogP contribution in [0.5, 0.6) is 0 Å². The number of nitrogens with one attached hydrogen (secondary N) is 1. The van der Waals surface area contributed by atoms with E-state index in [9.17, 15) is 4.79 Å². The van der Waals surface area contributed by atoms with E-state index in [4.69, 9.17) is 5.73 Å². The number of hydrogen-bond donors (Lipinski definition) is 2. The van der Waals surface area contributed by atoms with E-state index >= 15 is 0 Å². The average Bonchev–Trinajstić information content (AvgIpc) is 3.15. The molecule has 1 heterocycles. The van der Waals surface area contributed by atoms with Gasteiger partial charge in [-0.3, -0.25) is 9.48 Å². The molecule has 0 bridgehead atoms. The number of halogens is 1. The molecule has 5 nitrogen and oxygen atoms in total. The number of aromatic nitrogens is 2. The number of nitrogens with zero attached hydrogens (tertiary/aromatic N) is 2. The second kappa shape index (κ2) is 5.25. The molecular weight excluding hydrogens is 308 g/mol. The minimum absolute atomic E-state index is 0.277. The molecule has 1 aromatic heterocycles. The standard InChI is InChI=1S/C13H21BrN4O/c1-4-16-13(12(15)19,10-5-6-10)7-18-9(3)11(14)8(2)17-18/h10,16H,4-7H2,1-3H3,(H2,15,19). The van der Waals surface area contributed by atoms with E-state index in [1.807, 2.05) is 25.5 Å². The van der Waals surface area contributed by atoms with Crippen LogP contribution in [0.3, 0.4) is 0 Å². The summed E-state index contributed by atoms with van der Waals surface area (Å²) in [7, 11) is 0. The highest BCUT2D eigenvalue weighted by atomic mass is 79.9. The van der Waals surface area contributed by atoms with Gasteiger partial charge in [-0.2, -0.15) is 5.10 Å². The predicted molar refractivity (Wildman–Crippen MR) is 77.7 cm³/mol. The largest absolute Gasteiger partial charge is 0.368 e. The lowest BCUT2D eigenvalue weighted by Crippen LogP contribution is -2.60. The molecule has 1 aliphatic carbocycles. The van der Waals surface area contributed by atoms with Crippen molar-refractivity contribution in [2.24, 2.45) is 11.7 Å². The summed E-state index contributed by atoms with van der Waals surface area (Å²) in [5, 5.41) is 7.80. The van der Waals surface area contributed by atoms with Crippen molar-refractivity contribution in [2.75, 3.05) is 6.54 Å². The maximum atomic E-state index is 12.0. The highest BCUT2D eigenvalue weighted by molar-refractivity contribution is 9.10. The van der Waals surface area contributed by atoms with Gasteiger partial charge in [0.15, 0.2) is 0 Å². The molecule has 1 saturated carbocycles. The molecule has 0 spiro atoms. The molecule has 2 rings (SSSR count). The second-order valence-corrected chi connectivity index (χ2v) is 6.08. The highest BCUT2D eigenvalue weighted by Crippen LogP contribution is 2.41. The number of amides is 1. The van der Waals surface area contributed by atoms with E-state index < -0.39 is 5.54 Å². The van der Waals surface area contributed by atoms with Crippen LogP contribution in [0.2, 0.25) is 0 Å². The summed E-state index contributed by atoms with van der Waals surface area (Å²) in [5.41, 5.74) is 6.98. The number of likely N-dealkylation sites (N-methyl/N-ethyl adjacent to an activating group) is 1. The Labute approximate surface area is 122 Å². The van der Waals surface area contributed by atoms with Crippen molar-refractivity contribution < 1.29 is 4.79 Å². The molecule has 3 N–H and O–H groups in total. The third-order valence-electron chi connectivity index (χ3n) is 3.90. The molecule has 0 radical (unpaired) electrons. The van der Waals surface area contributed by atoms with Crippen molar-refractivity contribution in [3.8, 4) is 0 Å². The van der Waals surface area contributed by atoms with Gasteiger partial charge in [0.25, 0.3) is 0 Å². The fourth-order valence-corrected chi connectivity index (χ4v) is 2.94. The van der Waals surface area contributed by atoms with Crippen LogP contribution in [0.1, 0.15) is 31.2 Å². The summed E-state index contributed by atoms with van der Waals surface area (Å²) in [6.07, 6.45) is 2.10. The number of aryl methyl sites for hydroxylation is 1. The van der Waals surface area contributed by atoms with Crippen LogP contribution in [0.25, 0.3) is 0 Å². The highest BCUT2D eigenvalue weighted by Gasteiger charge is 2.50. The van der Waals surface area contributed by atoms with E-state index in [2.05, 4.69) is 26.3 Å². The smallest absolute Gasteiger partial charge is 0.239 e. The number of hydrogen-bond acceptors (Lipinski definition) is 3. The predicted octanol–water partition coefficient (Wildman–Crippen LogP) is 1.51. The van der Waals surface area contributed by atoms with Crippen molar-refractivity contribution in [1.82, 2.24) is 15.1 Å². The molecule has 1 unspecified atom stereocenters. The number of carbonyl (C=O) groups excluding carboxylic acids is 1. The molecule has 1 fully saturated rings. The normalized spacial score (nSPS) is 18.3. The van der Waals surface area contributed by atoms with Crippen LogP contribution in [0, 0.1) is 19.8 Å². The van der Waals surface area contributed by atoms with Gasteiger partial charge in [-0.25, -0.2) is 0 Å². The van der Waals surface area contributed by atoms with Gasteiger partial charge in [-0.1, -0.05) is 6.92 Å². The lowest BCUT2D eigenvalue weighted by molar-refractivity contribution is -0.126. The molecular formula is C13H21BrN4O. The van der Waals surface area contributed by atoms with Gasteiger partial charge in [0.05, 0.1) is 16.7 Å². The maximum Gasteiger partial charge on any atom is 0.239 e. The van der Waals surface area contributed by atoms with Crippen molar-refractivity contribution in [2.45, 2.75) is 45.7 Å². The van der Waals surface area contributed by atoms with Gasteiger partial charge in [0, 0.05) is 5.69 Å². The Hall–Kier alpha value is -0.880. The zero-order valence-electron chi connectivity index (χ0n) is 11.7. The van der Waals surface area contributed by atoms with E-state index in [0.29, 0.717) is 12.5 Å². The summed E-state index contributed by atoms with van der Waals surface area (Å²) < 4.78 is 2.88. The van der Waals surface area contributed by atoms with Crippen molar-refractivity contribution >= 4 is 21.8 Å². The maximum absolute atomic E-state index is 12.0. The van der Waals surface area contributed by atoms with Gasteiger partial charge in [-0.05, 0) is 55.1 Å². The summed E-state index contributed by atoms with van der Waals surface area (Å²) >= 11 is 3.52. The molecule has 6 heteroatoms. The first-order chi connectivity index (χ1) is 8.92. The topological polar surface area (TPSA) is 72.9 Å². The first-order valence-electron chi connectivity index (χ1n) is 6.66. The second-order valence-electron chi connectivity index (χ2n) is 5.28. The first kappa shape index (κ1) is 14.5. The fourth-order valence-electron chi connectivity index (χ4n) is 2.65. The molecule has 1 aliphatic rings. The lowest BCUT2D eigenvalue weighted by atomic mass is 9.92.